The van der Waals surface area contributed by atoms with Crippen LogP contribution in [0.4, 0.5) is 4.79 Å². The molecule has 21 heavy (non-hydrogen) atoms. The van der Waals surface area contributed by atoms with Gasteiger partial charge in [0.2, 0.25) is 0 Å². The Morgan fingerprint density at radius 1 is 1.14 bits per heavy atom. The molecule has 120 valence electrons. The fraction of sp³-hybridized carbons (Fsp3) is 0.846. The quantitative estimate of drug-likeness (QED) is 0.817. The van der Waals surface area contributed by atoms with Crippen LogP contribution in [-0.2, 0) is 14.6 Å². The van der Waals surface area contributed by atoms with Crippen molar-refractivity contribution >= 4 is 21.8 Å². The van der Waals surface area contributed by atoms with Crippen LogP contribution in [-0.4, -0.2) is 72.5 Å². The average Bonchev–Trinajstić information content (AvgIpc) is 3.03. The van der Waals surface area contributed by atoms with E-state index in [1.807, 2.05) is 0 Å². The van der Waals surface area contributed by atoms with Gasteiger partial charge in [0.05, 0.1) is 11.5 Å². The van der Waals surface area contributed by atoms with E-state index >= 15 is 0 Å². The summed E-state index contributed by atoms with van der Waals surface area (Å²) in [6, 6.07) is -0.763. The maximum absolute atomic E-state index is 12.6. The number of amides is 2. The van der Waals surface area contributed by atoms with E-state index in [2.05, 4.69) is 0 Å². The Bertz CT molecular complexity index is 513. The molecule has 0 aromatic heterocycles. The Morgan fingerprint density at radius 3 is 2.24 bits per heavy atom. The number of rotatable bonds is 4. The molecule has 1 aliphatic heterocycles. The fourth-order valence-electron chi connectivity index (χ4n) is 3.15. The van der Waals surface area contributed by atoms with E-state index in [0.29, 0.717) is 6.42 Å². The van der Waals surface area contributed by atoms with Crippen molar-refractivity contribution in [3.63, 3.8) is 0 Å². The molecule has 1 aliphatic carbocycles. The summed E-state index contributed by atoms with van der Waals surface area (Å²) < 4.78 is 23.1. The summed E-state index contributed by atoms with van der Waals surface area (Å²) in [7, 11) is -1.50. The molecule has 7 nitrogen and oxygen atoms in total. The monoisotopic (exact) mass is 318 g/mol. The lowest BCUT2D eigenvalue weighted by molar-refractivity contribution is -0.138. The largest absolute Gasteiger partial charge is 0.480 e. The van der Waals surface area contributed by atoms with Crippen molar-refractivity contribution in [1.82, 2.24) is 9.80 Å². The van der Waals surface area contributed by atoms with Crippen molar-refractivity contribution < 1.29 is 23.1 Å². The Kier molecular flexibility index (Phi) is 4.75. The summed E-state index contributed by atoms with van der Waals surface area (Å²) in [5, 5.41) is 9.02. The zero-order valence-corrected chi connectivity index (χ0v) is 13.0. The number of carboxylic acids is 1. The number of hydrogen-bond donors (Lipinski definition) is 1. The Morgan fingerprint density at radius 2 is 1.76 bits per heavy atom. The third-order valence-corrected chi connectivity index (χ3v) is 6.12. The Labute approximate surface area is 124 Å². The van der Waals surface area contributed by atoms with Crippen molar-refractivity contribution in [3.8, 4) is 0 Å². The van der Waals surface area contributed by atoms with Crippen molar-refractivity contribution in [3.05, 3.63) is 0 Å². The lowest BCUT2D eigenvalue weighted by atomic mass is 10.2. The molecule has 1 heterocycles. The van der Waals surface area contributed by atoms with Gasteiger partial charge in [-0.3, -0.25) is 4.79 Å². The summed E-state index contributed by atoms with van der Waals surface area (Å²) >= 11 is 0. The van der Waals surface area contributed by atoms with Gasteiger partial charge in [-0.2, -0.15) is 0 Å². The molecule has 2 fully saturated rings. The zero-order chi connectivity index (χ0) is 15.6. The first-order valence-electron chi connectivity index (χ1n) is 7.26. The maximum Gasteiger partial charge on any atom is 0.323 e. The molecule has 1 N–H and O–H groups in total. The Balaban J connectivity index is 2.08. The van der Waals surface area contributed by atoms with Gasteiger partial charge in [-0.05, 0) is 19.3 Å². The smallest absolute Gasteiger partial charge is 0.323 e. The summed E-state index contributed by atoms with van der Waals surface area (Å²) in [4.78, 5) is 26.4. The molecule has 1 saturated heterocycles. The molecule has 2 rings (SSSR count). The van der Waals surface area contributed by atoms with Gasteiger partial charge >= 0.3 is 12.0 Å². The predicted octanol–water partition coefficient (Wildman–Crippen LogP) is 0.555. The van der Waals surface area contributed by atoms with Crippen LogP contribution in [0.15, 0.2) is 0 Å². The predicted molar refractivity (Wildman–Crippen MR) is 76.8 cm³/mol. The second-order valence-corrected chi connectivity index (χ2v) is 8.14. The van der Waals surface area contributed by atoms with E-state index in [9.17, 15) is 18.0 Å². The lowest BCUT2D eigenvalue weighted by Gasteiger charge is -2.34. The van der Waals surface area contributed by atoms with E-state index in [0.717, 1.165) is 25.7 Å². The molecule has 1 atom stereocenters. The molecule has 0 radical (unpaired) electrons. The van der Waals surface area contributed by atoms with Crippen molar-refractivity contribution in [2.75, 3.05) is 25.1 Å². The standard InChI is InChI=1S/C13H22N2O5S/c1-14(11-6-7-21(19,20)9-11)13(18)15(8-12(16)17)10-4-2-3-5-10/h10-11H,2-9H2,1H3,(H,16,17). The van der Waals surface area contributed by atoms with Gasteiger partial charge in [0.15, 0.2) is 9.84 Å². The average molecular weight is 318 g/mol. The first-order chi connectivity index (χ1) is 9.80. The number of carboxylic acid groups (broad SMARTS) is 1. The summed E-state index contributed by atoms with van der Waals surface area (Å²) in [6.07, 6.45) is 4.05. The van der Waals surface area contributed by atoms with E-state index in [-0.39, 0.29) is 36.2 Å². The van der Waals surface area contributed by atoms with Gasteiger partial charge in [-0.1, -0.05) is 12.8 Å². The molecule has 0 spiro atoms. The normalized spacial score (nSPS) is 24.9. The number of carbonyl (C=O) groups excluding carboxylic acids is 1. The van der Waals surface area contributed by atoms with Crippen LogP contribution in [0.1, 0.15) is 32.1 Å². The molecular formula is C13H22N2O5S. The highest BCUT2D eigenvalue weighted by Gasteiger charge is 2.37. The highest BCUT2D eigenvalue weighted by atomic mass is 32.2. The molecule has 1 saturated carbocycles. The minimum absolute atomic E-state index is 0.0270. The second-order valence-electron chi connectivity index (χ2n) is 5.91. The lowest BCUT2D eigenvalue weighted by Crippen LogP contribution is -2.51. The number of hydrogen-bond acceptors (Lipinski definition) is 4. The van der Waals surface area contributed by atoms with Crippen molar-refractivity contribution in [2.24, 2.45) is 0 Å². The minimum atomic E-state index is -3.07. The fourth-order valence-corrected chi connectivity index (χ4v) is 4.93. The van der Waals surface area contributed by atoms with Crippen molar-refractivity contribution in [2.45, 2.75) is 44.2 Å². The molecule has 0 aromatic rings. The second kappa shape index (κ2) is 6.21. The highest BCUT2D eigenvalue weighted by Crippen LogP contribution is 2.25. The van der Waals surface area contributed by atoms with Crippen LogP contribution in [0.3, 0.4) is 0 Å². The topological polar surface area (TPSA) is 95.0 Å². The van der Waals surface area contributed by atoms with Gasteiger partial charge in [0, 0.05) is 19.1 Å². The number of nitrogens with zero attached hydrogens (tertiary/aromatic N) is 2. The number of urea groups is 1. The molecule has 0 aromatic carbocycles. The van der Waals surface area contributed by atoms with Gasteiger partial charge in [0.1, 0.15) is 6.54 Å². The van der Waals surface area contributed by atoms with Crippen LogP contribution in [0, 0.1) is 0 Å². The van der Waals surface area contributed by atoms with E-state index in [1.165, 1.54) is 9.80 Å². The van der Waals surface area contributed by atoms with Crippen LogP contribution >= 0.6 is 0 Å². The van der Waals surface area contributed by atoms with E-state index in [1.54, 1.807) is 7.05 Å². The van der Waals surface area contributed by atoms with Gasteiger partial charge in [0.25, 0.3) is 0 Å². The van der Waals surface area contributed by atoms with E-state index < -0.39 is 15.8 Å². The number of sulfone groups is 1. The third kappa shape index (κ3) is 3.87. The minimum Gasteiger partial charge on any atom is -0.480 e. The third-order valence-electron chi connectivity index (χ3n) is 4.37. The number of carbonyl (C=O) groups is 2. The molecule has 2 amide bonds. The first-order valence-corrected chi connectivity index (χ1v) is 9.08. The summed E-state index contributed by atoms with van der Waals surface area (Å²) in [5.41, 5.74) is 0. The van der Waals surface area contributed by atoms with Gasteiger partial charge < -0.3 is 14.9 Å². The molecular weight excluding hydrogens is 296 g/mol. The Hall–Kier alpha value is -1.31. The van der Waals surface area contributed by atoms with Crippen LogP contribution in [0.25, 0.3) is 0 Å². The first kappa shape index (κ1) is 16.1. The maximum atomic E-state index is 12.6. The highest BCUT2D eigenvalue weighted by molar-refractivity contribution is 7.91. The molecule has 8 heteroatoms. The zero-order valence-electron chi connectivity index (χ0n) is 12.2. The SMILES string of the molecule is CN(C(=O)N(CC(=O)O)C1CCCC1)C1CCS(=O)(=O)C1. The van der Waals surface area contributed by atoms with Gasteiger partial charge in [-0.25, -0.2) is 13.2 Å². The van der Waals surface area contributed by atoms with E-state index in [4.69, 9.17) is 5.11 Å². The summed E-state index contributed by atoms with van der Waals surface area (Å²) in [6.45, 7) is -0.326. The van der Waals surface area contributed by atoms with Gasteiger partial charge in [-0.15, -0.1) is 0 Å². The summed E-state index contributed by atoms with van der Waals surface area (Å²) in [5.74, 6) is -0.971. The van der Waals surface area contributed by atoms with Crippen LogP contribution in [0.5, 0.6) is 0 Å². The molecule has 2 aliphatic rings. The number of aliphatic carboxylic acids is 1. The van der Waals surface area contributed by atoms with Crippen molar-refractivity contribution in [1.29, 1.82) is 0 Å². The van der Waals surface area contributed by atoms with Crippen LogP contribution < -0.4 is 0 Å². The molecule has 0 bridgehead atoms. The molecule has 1 unspecified atom stereocenters. The van der Waals surface area contributed by atoms with Crippen LogP contribution in [0.2, 0.25) is 0 Å².